The van der Waals surface area contributed by atoms with Crippen LogP contribution in [0.5, 0.6) is 0 Å². The number of hydrogen-bond donors (Lipinski definition) is 1. The second-order valence-electron chi connectivity index (χ2n) is 5.12. The van der Waals surface area contributed by atoms with Gasteiger partial charge in [-0.1, -0.05) is 36.4 Å². The van der Waals surface area contributed by atoms with Gasteiger partial charge in [0.1, 0.15) is 0 Å². The molecule has 0 fully saturated rings. The van der Waals surface area contributed by atoms with Crippen LogP contribution in [0.3, 0.4) is 0 Å². The van der Waals surface area contributed by atoms with E-state index in [2.05, 4.69) is 4.74 Å². The smallest absolute Gasteiger partial charge is 0.333 e. The Morgan fingerprint density at radius 3 is 2.48 bits per heavy atom. The minimum atomic E-state index is -0.568. The first kappa shape index (κ1) is 19.8. The van der Waals surface area contributed by atoms with Gasteiger partial charge in [0.2, 0.25) is 0 Å². The summed E-state index contributed by atoms with van der Waals surface area (Å²) in [5.74, 6) is -0.636. The van der Waals surface area contributed by atoms with Gasteiger partial charge in [-0.15, -0.1) is 0 Å². The third-order valence-corrected chi connectivity index (χ3v) is 3.36. The Kier molecular flexibility index (Phi) is 7.78. The number of benzene rings is 1. The highest BCUT2D eigenvalue weighted by Crippen LogP contribution is 2.16. The predicted molar refractivity (Wildman–Crippen MR) is 94.1 cm³/mol. The van der Waals surface area contributed by atoms with Crippen molar-refractivity contribution in [2.75, 3.05) is 7.11 Å². The largest absolute Gasteiger partial charge is 0.466 e. The Labute approximate surface area is 145 Å². The summed E-state index contributed by atoms with van der Waals surface area (Å²) in [6.45, 7) is 1.60. The number of nitrogens with two attached hydrogens (primary N) is 1. The number of allylic oxidation sites excluding steroid dienone is 2. The number of hydrogen-bond acceptors (Lipinski definition) is 6. The maximum Gasteiger partial charge on any atom is 0.333 e. The number of carbonyl (C=O) groups excluding carboxylic acids is 2. The van der Waals surface area contributed by atoms with Crippen molar-refractivity contribution in [2.24, 2.45) is 5.73 Å². The molecular formula is C18H20N2O5. The molecular weight excluding hydrogens is 324 g/mol. The van der Waals surface area contributed by atoms with Gasteiger partial charge < -0.3 is 10.5 Å². The monoisotopic (exact) mass is 344 g/mol. The van der Waals surface area contributed by atoms with E-state index in [0.29, 0.717) is 16.7 Å². The van der Waals surface area contributed by atoms with Crippen molar-refractivity contribution < 1.29 is 19.2 Å². The molecule has 0 aromatic heterocycles. The number of ketones is 1. The SMILES string of the molecule is COC(=O)/C(C)=C/c1ccccc1C(=O)C/C=C\C/C(=C\N)[N+](=O)[O-]. The third kappa shape index (κ3) is 6.06. The van der Waals surface area contributed by atoms with Crippen LogP contribution in [-0.4, -0.2) is 23.8 Å². The van der Waals surface area contributed by atoms with Gasteiger partial charge in [0, 0.05) is 17.6 Å². The van der Waals surface area contributed by atoms with Crippen molar-refractivity contribution in [3.8, 4) is 0 Å². The fourth-order valence-electron chi connectivity index (χ4n) is 2.04. The van der Waals surface area contributed by atoms with E-state index in [-0.39, 0.29) is 24.3 Å². The van der Waals surface area contributed by atoms with Gasteiger partial charge in [0.15, 0.2) is 5.78 Å². The summed E-state index contributed by atoms with van der Waals surface area (Å²) >= 11 is 0. The van der Waals surface area contributed by atoms with Crippen molar-refractivity contribution in [2.45, 2.75) is 19.8 Å². The second kappa shape index (κ2) is 9.82. The zero-order chi connectivity index (χ0) is 18.8. The van der Waals surface area contributed by atoms with E-state index in [1.165, 1.54) is 13.2 Å². The number of rotatable bonds is 8. The molecule has 0 saturated heterocycles. The molecule has 0 amide bonds. The first-order valence-corrected chi connectivity index (χ1v) is 7.49. The number of carbonyl (C=O) groups is 2. The molecule has 0 aliphatic carbocycles. The minimum absolute atomic E-state index is 0.0414. The first-order valence-electron chi connectivity index (χ1n) is 7.49. The lowest BCUT2D eigenvalue weighted by molar-refractivity contribution is -0.427. The molecule has 0 radical (unpaired) electrons. The molecule has 0 unspecified atom stereocenters. The van der Waals surface area contributed by atoms with E-state index < -0.39 is 10.9 Å². The van der Waals surface area contributed by atoms with Gasteiger partial charge in [-0.2, -0.15) is 0 Å². The summed E-state index contributed by atoms with van der Waals surface area (Å²) in [4.78, 5) is 33.9. The lowest BCUT2D eigenvalue weighted by atomic mass is 9.99. The van der Waals surface area contributed by atoms with E-state index >= 15 is 0 Å². The number of nitrogens with zero attached hydrogens (tertiary/aromatic N) is 1. The normalized spacial score (nSPS) is 12.2. The molecule has 1 aromatic rings. The Balaban J connectivity index is 2.86. The number of nitro groups is 1. The number of esters is 1. The quantitative estimate of drug-likeness (QED) is 0.194. The van der Waals surface area contributed by atoms with E-state index in [4.69, 9.17) is 5.73 Å². The average molecular weight is 344 g/mol. The summed E-state index contributed by atoms with van der Waals surface area (Å²) in [6.07, 6.45) is 5.73. The van der Waals surface area contributed by atoms with Gasteiger partial charge in [-0.25, -0.2) is 4.79 Å². The Hall–Kier alpha value is -3.22. The van der Waals surface area contributed by atoms with Crippen LogP contribution in [0.2, 0.25) is 0 Å². The lowest BCUT2D eigenvalue weighted by Gasteiger charge is -2.05. The fraction of sp³-hybridized carbons (Fsp3) is 0.222. The van der Waals surface area contributed by atoms with Crippen LogP contribution < -0.4 is 5.73 Å². The third-order valence-electron chi connectivity index (χ3n) is 3.36. The summed E-state index contributed by atoms with van der Waals surface area (Å²) in [7, 11) is 1.29. The maximum atomic E-state index is 12.4. The van der Waals surface area contributed by atoms with E-state index in [0.717, 1.165) is 6.20 Å². The van der Waals surface area contributed by atoms with Crippen LogP contribution >= 0.6 is 0 Å². The van der Waals surface area contributed by atoms with Gasteiger partial charge in [-0.3, -0.25) is 14.9 Å². The van der Waals surface area contributed by atoms with Crippen molar-refractivity contribution in [1.29, 1.82) is 0 Å². The highest BCUT2D eigenvalue weighted by atomic mass is 16.6. The van der Waals surface area contributed by atoms with Crippen LogP contribution in [0.25, 0.3) is 6.08 Å². The second-order valence-corrected chi connectivity index (χ2v) is 5.12. The van der Waals surface area contributed by atoms with Gasteiger partial charge >= 0.3 is 5.97 Å². The van der Waals surface area contributed by atoms with Crippen molar-refractivity contribution >= 4 is 17.8 Å². The molecule has 0 spiro atoms. The van der Waals surface area contributed by atoms with Crippen LogP contribution in [0.4, 0.5) is 0 Å². The molecule has 1 rings (SSSR count). The highest BCUT2D eigenvalue weighted by Gasteiger charge is 2.11. The van der Waals surface area contributed by atoms with E-state index in [1.807, 2.05) is 0 Å². The number of ether oxygens (including phenoxy) is 1. The zero-order valence-electron chi connectivity index (χ0n) is 14.1. The lowest BCUT2D eigenvalue weighted by Crippen LogP contribution is -2.04. The number of methoxy groups -OCH3 is 1. The number of Topliss-reactive ketones (excluding diaryl/α,β-unsaturated/α-hetero) is 1. The van der Waals surface area contributed by atoms with Crippen molar-refractivity contribution in [1.82, 2.24) is 0 Å². The molecule has 7 heteroatoms. The fourth-order valence-corrected chi connectivity index (χ4v) is 2.04. The van der Waals surface area contributed by atoms with Crippen LogP contribution in [0.1, 0.15) is 35.7 Å². The van der Waals surface area contributed by atoms with Crippen LogP contribution in [-0.2, 0) is 9.53 Å². The predicted octanol–water partition coefficient (Wildman–Crippen LogP) is 2.86. The molecule has 7 nitrogen and oxygen atoms in total. The topological polar surface area (TPSA) is 113 Å². The minimum Gasteiger partial charge on any atom is -0.466 e. The molecule has 0 heterocycles. The Morgan fingerprint density at radius 2 is 1.88 bits per heavy atom. The Bertz CT molecular complexity index is 748. The summed E-state index contributed by atoms with van der Waals surface area (Å²) < 4.78 is 4.64. The molecule has 0 atom stereocenters. The highest BCUT2D eigenvalue weighted by molar-refractivity contribution is 6.02. The molecule has 132 valence electrons. The van der Waals surface area contributed by atoms with Gasteiger partial charge in [0.05, 0.1) is 24.7 Å². The molecule has 0 saturated carbocycles. The summed E-state index contributed by atoms with van der Waals surface area (Å²) in [5, 5.41) is 10.6. The molecule has 1 aromatic carbocycles. The van der Waals surface area contributed by atoms with Crippen molar-refractivity contribution in [3.63, 3.8) is 0 Å². The first-order chi connectivity index (χ1) is 11.9. The van der Waals surface area contributed by atoms with E-state index in [9.17, 15) is 19.7 Å². The maximum absolute atomic E-state index is 12.4. The average Bonchev–Trinajstić information content (AvgIpc) is 2.60. The van der Waals surface area contributed by atoms with Crippen molar-refractivity contribution in [3.05, 3.63) is 75.1 Å². The van der Waals surface area contributed by atoms with Gasteiger partial charge in [-0.05, 0) is 18.6 Å². The molecule has 0 aliphatic rings. The summed E-state index contributed by atoms with van der Waals surface area (Å²) in [5.41, 5.74) is 6.46. The van der Waals surface area contributed by atoms with Crippen LogP contribution in [0.15, 0.2) is 53.9 Å². The zero-order valence-corrected chi connectivity index (χ0v) is 14.1. The van der Waals surface area contributed by atoms with Crippen LogP contribution in [0, 0.1) is 10.1 Å². The molecule has 0 aliphatic heterocycles. The molecule has 0 bridgehead atoms. The molecule has 25 heavy (non-hydrogen) atoms. The molecule has 2 N–H and O–H groups in total. The van der Waals surface area contributed by atoms with E-state index in [1.54, 1.807) is 43.3 Å². The summed E-state index contributed by atoms with van der Waals surface area (Å²) in [6, 6.07) is 6.88. The Morgan fingerprint density at radius 1 is 1.24 bits per heavy atom. The van der Waals surface area contributed by atoms with Gasteiger partial charge in [0.25, 0.3) is 5.70 Å². The standard InChI is InChI=1S/C18H20N2O5/c1-13(18(22)25-2)11-14-7-3-5-9-16(14)17(21)10-6-4-8-15(12-19)20(23)24/h3-7,9,11-12H,8,10,19H2,1-2H3/b6-4-,13-11+,15-12+.